The molecular formula is C17H19N3O2. The van der Waals surface area contributed by atoms with E-state index in [0.717, 1.165) is 23.3 Å². The predicted molar refractivity (Wildman–Crippen MR) is 84.5 cm³/mol. The maximum atomic E-state index is 12.2. The van der Waals surface area contributed by atoms with Crippen molar-refractivity contribution < 1.29 is 9.21 Å². The summed E-state index contributed by atoms with van der Waals surface area (Å²) in [4.78, 5) is 20.1. The zero-order valence-electron chi connectivity index (χ0n) is 12.7. The van der Waals surface area contributed by atoms with Crippen LogP contribution in [0, 0.1) is 5.92 Å². The van der Waals surface area contributed by atoms with Crippen LogP contribution in [0.1, 0.15) is 42.7 Å². The molecule has 0 aliphatic rings. The Morgan fingerprint density at radius 3 is 2.77 bits per heavy atom. The van der Waals surface area contributed by atoms with Crippen molar-refractivity contribution in [2.75, 3.05) is 0 Å². The van der Waals surface area contributed by atoms with Crippen molar-refractivity contribution in [1.82, 2.24) is 15.3 Å². The first-order valence-corrected chi connectivity index (χ1v) is 7.42. The standard InChI is InChI=1S/C17H19N3O2/c1-11(2)10-14(20-17(21)15-8-5-9-22-15)16-18-12-6-3-4-7-13(12)19-16/h3-9,11,14H,10H2,1-2H3,(H,18,19)(H,20,21). The fourth-order valence-electron chi connectivity index (χ4n) is 2.49. The lowest BCUT2D eigenvalue weighted by Crippen LogP contribution is -2.30. The van der Waals surface area contributed by atoms with Crippen molar-refractivity contribution in [3.05, 3.63) is 54.2 Å². The number of nitrogens with zero attached hydrogens (tertiary/aromatic N) is 1. The Bertz CT molecular complexity index is 726. The summed E-state index contributed by atoms with van der Waals surface area (Å²) in [6.45, 7) is 4.24. The summed E-state index contributed by atoms with van der Waals surface area (Å²) in [7, 11) is 0. The lowest BCUT2D eigenvalue weighted by Gasteiger charge is -2.18. The van der Waals surface area contributed by atoms with Gasteiger partial charge in [0.15, 0.2) is 5.76 Å². The molecular weight excluding hydrogens is 278 g/mol. The number of carbonyl (C=O) groups is 1. The number of carbonyl (C=O) groups excluding carboxylic acids is 1. The van der Waals surface area contributed by atoms with Crippen LogP contribution in [0.25, 0.3) is 11.0 Å². The number of aromatic amines is 1. The average molecular weight is 297 g/mol. The van der Waals surface area contributed by atoms with Crippen molar-refractivity contribution in [3.63, 3.8) is 0 Å². The molecule has 3 aromatic rings. The van der Waals surface area contributed by atoms with Crippen LogP contribution >= 0.6 is 0 Å². The highest BCUT2D eigenvalue weighted by molar-refractivity contribution is 5.91. The van der Waals surface area contributed by atoms with E-state index in [-0.39, 0.29) is 11.9 Å². The number of aromatic nitrogens is 2. The fraction of sp³-hybridized carbons (Fsp3) is 0.294. The Kier molecular flexibility index (Phi) is 3.96. The normalized spacial score (nSPS) is 12.7. The Morgan fingerprint density at radius 1 is 1.27 bits per heavy atom. The van der Waals surface area contributed by atoms with E-state index >= 15 is 0 Å². The molecule has 0 radical (unpaired) electrons. The maximum Gasteiger partial charge on any atom is 0.287 e. The number of hydrogen-bond donors (Lipinski definition) is 2. The highest BCUT2D eigenvalue weighted by atomic mass is 16.3. The number of rotatable bonds is 5. The molecule has 3 rings (SSSR count). The molecule has 1 atom stereocenters. The molecule has 0 bridgehead atoms. The third-order valence-electron chi connectivity index (χ3n) is 3.50. The Balaban J connectivity index is 1.87. The SMILES string of the molecule is CC(C)CC(NC(=O)c1ccco1)c1nc2ccccc2[nH]1. The molecule has 22 heavy (non-hydrogen) atoms. The van der Waals surface area contributed by atoms with Gasteiger partial charge >= 0.3 is 0 Å². The van der Waals surface area contributed by atoms with Crippen LogP contribution in [0.3, 0.4) is 0 Å². The molecule has 1 aromatic carbocycles. The molecule has 0 aliphatic heterocycles. The monoisotopic (exact) mass is 297 g/mol. The zero-order chi connectivity index (χ0) is 15.5. The number of benzene rings is 1. The minimum absolute atomic E-state index is 0.176. The molecule has 0 spiro atoms. The molecule has 0 saturated heterocycles. The van der Waals surface area contributed by atoms with E-state index in [4.69, 9.17) is 4.42 Å². The maximum absolute atomic E-state index is 12.2. The minimum Gasteiger partial charge on any atom is -0.459 e. The van der Waals surface area contributed by atoms with Gasteiger partial charge in [-0.2, -0.15) is 0 Å². The van der Waals surface area contributed by atoms with Crippen molar-refractivity contribution >= 4 is 16.9 Å². The third-order valence-corrected chi connectivity index (χ3v) is 3.50. The number of fused-ring (bicyclic) bond motifs is 1. The van der Waals surface area contributed by atoms with Gasteiger partial charge in [-0.1, -0.05) is 26.0 Å². The van der Waals surface area contributed by atoms with Gasteiger partial charge in [0, 0.05) is 0 Å². The van der Waals surface area contributed by atoms with Gasteiger partial charge in [0.25, 0.3) is 5.91 Å². The fourth-order valence-corrected chi connectivity index (χ4v) is 2.49. The van der Waals surface area contributed by atoms with Crippen LogP contribution in [0.4, 0.5) is 0 Å². The van der Waals surface area contributed by atoms with Crippen molar-refractivity contribution in [2.45, 2.75) is 26.3 Å². The lowest BCUT2D eigenvalue weighted by molar-refractivity contribution is 0.0902. The van der Waals surface area contributed by atoms with E-state index < -0.39 is 0 Å². The van der Waals surface area contributed by atoms with Gasteiger partial charge in [0.05, 0.1) is 23.3 Å². The Labute approximate surface area is 128 Å². The summed E-state index contributed by atoms with van der Waals surface area (Å²) in [6.07, 6.45) is 2.29. The number of amides is 1. The topological polar surface area (TPSA) is 70.9 Å². The number of furan rings is 1. The van der Waals surface area contributed by atoms with Crippen LogP contribution in [-0.4, -0.2) is 15.9 Å². The lowest BCUT2D eigenvalue weighted by atomic mass is 10.0. The Morgan fingerprint density at radius 2 is 2.09 bits per heavy atom. The quantitative estimate of drug-likeness (QED) is 0.754. The molecule has 5 heteroatoms. The van der Waals surface area contributed by atoms with Crippen LogP contribution in [0.5, 0.6) is 0 Å². The van der Waals surface area contributed by atoms with Crippen LogP contribution in [-0.2, 0) is 0 Å². The molecule has 2 aromatic heterocycles. The molecule has 2 N–H and O–H groups in total. The number of nitrogens with one attached hydrogen (secondary N) is 2. The smallest absolute Gasteiger partial charge is 0.287 e. The van der Waals surface area contributed by atoms with E-state index in [1.807, 2.05) is 24.3 Å². The van der Waals surface area contributed by atoms with Gasteiger partial charge in [-0.05, 0) is 36.6 Å². The second-order valence-corrected chi connectivity index (χ2v) is 5.77. The Hall–Kier alpha value is -2.56. The molecule has 2 heterocycles. The van der Waals surface area contributed by atoms with E-state index in [0.29, 0.717) is 11.7 Å². The third kappa shape index (κ3) is 3.03. The first-order valence-electron chi connectivity index (χ1n) is 7.42. The highest BCUT2D eigenvalue weighted by Crippen LogP contribution is 2.22. The predicted octanol–water partition coefficient (Wildman–Crippen LogP) is 3.67. The van der Waals surface area contributed by atoms with Gasteiger partial charge < -0.3 is 14.7 Å². The van der Waals surface area contributed by atoms with Gasteiger partial charge in [0.2, 0.25) is 0 Å². The summed E-state index contributed by atoms with van der Waals surface area (Å²) in [5.41, 5.74) is 1.87. The number of para-hydroxylation sites is 2. The summed E-state index contributed by atoms with van der Waals surface area (Å²) in [5, 5.41) is 3.00. The van der Waals surface area contributed by atoms with E-state index in [9.17, 15) is 4.79 Å². The van der Waals surface area contributed by atoms with Gasteiger partial charge in [-0.15, -0.1) is 0 Å². The molecule has 5 nitrogen and oxygen atoms in total. The largest absolute Gasteiger partial charge is 0.459 e. The van der Waals surface area contributed by atoms with Gasteiger partial charge in [0.1, 0.15) is 5.82 Å². The zero-order valence-corrected chi connectivity index (χ0v) is 12.7. The first-order chi connectivity index (χ1) is 10.6. The van der Waals surface area contributed by atoms with Gasteiger partial charge in [-0.25, -0.2) is 4.98 Å². The summed E-state index contributed by atoms with van der Waals surface area (Å²) in [5.74, 6) is 1.28. The van der Waals surface area contributed by atoms with Gasteiger partial charge in [-0.3, -0.25) is 4.79 Å². The van der Waals surface area contributed by atoms with E-state index in [1.165, 1.54) is 6.26 Å². The second kappa shape index (κ2) is 6.05. The minimum atomic E-state index is -0.226. The average Bonchev–Trinajstić information content (AvgIpc) is 3.15. The number of hydrogen-bond acceptors (Lipinski definition) is 3. The molecule has 0 saturated carbocycles. The van der Waals surface area contributed by atoms with Crippen molar-refractivity contribution in [1.29, 1.82) is 0 Å². The first kappa shape index (κ1) is 14.4. The summed E-state index contributed by atoms with van der Waals surface area (Å²) >= 11 is 0. The molecule has 1 unspecified atom stereocenters. The highest BCUT2D eigenvalue weighted by Gasteiger charge is 2.21. The number of imidazole rings is 1. The molecule has 0 fully saturated rings. The number of H-pyrrole nitrogens is 1. The molecule has 114 valence electrons. The van der Waals surface area contributed by atoms with E-state index in [1.54, 1.807) is 12.1 Å². The molecule has 1 amide bonds. The van der Waals surface area contributed by atoms with Crippen molar-refractivity contribution in [2.24, 2.45) is 5.92 Å². The van der Waals surface area contributed by atoms with Crippen LogP contribution < -0.4 is 5.32 Å². The second-order valence-electron chi connectivity index (χ2n) is 5.77. The molecule has 0 aliphatic carbocycles. The summed E-state index contributed by atoms with van der Waals surface area (Å²) < 4.78 is 5.15. The summed E-state index contributed by atoms with van der Waals surface area (Å²) in [6, 6.07) is 11.0. The van der Waals surface area contributed by atoms with Crippen LogP contribution in [0.15, 0.2) is 47.1 Å². The van der Waals surface area contributed by atoms with Crippen molar-refractivity contribution in [3.8, 4) is 0 Å². The van der Waals surface area contributed by atoms with Crippen LogP contribution in [0.2, 0.25) is 0 Å². The van der Waals surface area contributed by atoms with E-state index in [2.05, 4.69) is 29.1 Å².